The first-order valence-electron chi connectivity index (χ1n) is 9.08. The fourth-order valence-corrected chi connectivity index (χ4v) is 3.62. The van der Waals surface area contributed by atoms with Gasteiger partial charge in [0.1, 0.15) is 11.3 Å². The van der Waals surface area contributed by atoms with Crippen LogP contribution >= 0.6 is 34.8 Å². The molecule has 2 aromatic carbocycles. The quantitative estimate of drug-likeness (QED) is 0.393. The molecule has 0 spiro atoms. The second kappa shape index (κ2) is 9.53. The molecular weight excluding hydrogens is 433 g/mol. The highest BCUT2D eigenvalue weighted by Gasteiger charge is 2.26. The largest absolute Gasteiger partial charge is 0.371 e. The van der Waals surface area contributed by atoms with Crippen molar-refractivity contribution in [1.82, 2.24) is 5.16 Å². The summed E-state index contributed by atoms with van der Waals surface area (Å²) in [7, 11) is 0. The van der Waals surface area contributed by atoms with Gasteiger partial charge in [0.2, 0.25) is 0 Å². The second-order valence-electron chi connectivity index (χ2n) is 6.29. The van der Waals surface area contributed by atoms with Crippen molar-refractivity contribution in [1.29, 1.82) is 0 Å². The van der Waals surface area contributed by atoms with Gasteiger partial charge in [0.15, 0.2) is 0 Å². The topological polar surface area (TPSA) is 49.6 Å². The van der Waals surface area contributed by atoms with E-state index in [2.05, 4.69) is 17.0 Å². The minimum absolute atomic E-state index is 0.290. The SMILES string of the molecule is CCN(CCCl)c1ccc(N(C(=O)c2cnoc2C)c2cccc(Cl)c2Cl)cc1. The Morgan fingerprint density at radius 2 is 1.79 bits per heavy atom. The highest BCUT2D eigenvalue weighted by Crippen LogP contribution is 2.38. The number of anilines is 3. The number of carbonyl (C=O) groups is 1. The first-order valence-corrected chi connectivity index (χ1v) is 10.4. The number of aryl methyl sites for hydroxylation is 1. The average Bonchev–Trinajstić information content (AvgIpc) is 3.16. The number of rotatable bonds is 7. The van der Waals surface area contributed by atoms with E-state index >= 15 is 0 Å². The highest BCUT2D eigenvalue weighted by molar-refractivity contribution is 6.44. The van der Waals surface area contributed by atoms with Crippen molar-refractivity contribution in [3.63, 3.8) is 0 Å². The van der Waals surface area contributed by atoms with Gasteiger partial charge in [0.25, 0.3) is 5.91 Å². The van der Waals surface area contributed by atoms with Gasteiger partial charge in [-0.2, -0.15) is 0 Å². The van der Waals surface area contributed by atoms with Crippen LogP contribution in [0.2, 0.25) is 10.0 Å². The minimum Gasteiger partial charge on any atom is -0.371 e. The van der Waals surface area contributed by atoms with Crippen molar-refractivity contribution in [2.45, 2.75) is 13.8 Å². The number of amides is 1. The van der Waals surface area contributed by atoms with E-state index in [1.807, 2.05) is 24.3 Å². The molecule has 5 nitrogen and oxygen atoms in total. The molecule has 0 radical (unpaired) electrons. The lowest BCUT2D eigenvalue weighted by Gasteiger charge is -2.26. The van der Waals surface area contributed by atoms with Crippen molar-refractivity contribution in [2.75, 3.05) is 28.8 Å². The van der Waals surface area contributed by atoms with E-state index in [-0.39, 0.29) is 10.9 Å². The number of carbonyl (C=O) groups excluding carboxylic acids is 1. The van der Waals surface area contributed by atoms with Gasteiger partial charge >= 0.3 is 0 Å². The zero-order valence-corrected chi connectivity index (χ0v) is 18.3. The standard InChI is InChI=1S/C21H20Cl3N3O2/c1-3-26(12-11-22)15-7-9-16(10-8-15)27(19-6-4-5-18(23)20(19)24)21(28)17-13-25-29-14(17)2/h4-10,13H,3,11-12H2,1-2H3. The van der Waals surface area contributed by atoms with Gasteiger partial charge < -0.3 is 9.42 Å². The Morgan fingerprint density at radius 1 is 1.10 bits per heavy atom. The van der Waals surface area contributed by atoms with Gasteiger partial charge in [-0.25, -0.2) is 0 Å². The van der Waals surface area contributed by atoms with Crippen LogP contribution in [0.3, 0.4) is 0 Å². The molecule has 152 valence electrons. The molecule has 0 saturated heterocycles. The van der Waals surface area contributed by atoms with E-state index in [9.17, 15) is 4.79 Å². The van der Waals surface area contributed by atoms with E-state index in [0.29, 0.717) is 33.6 Å². The molecule has 1 amide bonds. The normalized spacial score (nSPS) is 10.8. The second-order valence-corrected chi connectivity index (χ2v) is 7.46. The van der Waals surface area contributed by atoms with Crippen molar-refractivity contribution < 1.29 is 9.32 Å². The van der Waals surface area contributed by atoms with Crippen molar-refractivity contribution in [3.05, 3.63) is 70.0 Å². The minimum atomic E-state index is -0.311. The summed E-state index contributed by atoms with van der Waals surface area (Å²) in [6.45, 7) is 5.32. The molecule has 0 saturated carbocycles. The number of aromatic nitrogens is 1. The fraction of sp³-hybridized carbons (Fsp3) is 0.238. The zero-order valence-electron chi connectivity index (χ0n) is 16.0. The van der Waals surface area contributed by atoms with Crippen LogP contribution in [-0.4, -0.2) is 30.0 Å². The van der Waals surface area contributed by atoms with Gasteiger partial charge in [-0.1, -0.05) is 34.4 Å². The van der Waals surface area contributed by atoms with Crippen LogP contribution < -0.4 is 9.80 Å². The van der Waals surface area contributed by atoms with Gasteiger partial charge in [0.05, 0.1) is 21.9 Å². The summed E-state index contributed by atoms with van der Waals surface area (Å²) in [5.41, 5.74) is 2.49. The smallest absolute Gasteiger partial charge is 0.268 e. The first-order chi connectivity index (χ1) is 14.0. The van der Waals surface area contributed by atoms with Crippen LogP contribution in [0.25, 0.3) is 0 Å². The van der Waals surface area contributed by atoms with Crippen molar-refractivity contribution >= 4 is 57.8 Å². The van der Waals surface area contributed by atoms with Gasteiger partial charge in [-0.3, -0.25) is 9.69 Å². The lowest BCUT2D eigenvalue weighted by atomic mass is 10.1. The summed E-state index contributed by atoms with van der Waals surface area (Å²) < 4.78 is 5.08. The summed E-state index contributed by atoms with van der Waals surface area (Å²) in [6, 6.07) is 12.8. The number of hydrogen-bond acceptors (Lipinski definition) is 4. The summed E-state index contributed by atoms with van der Waals surface area (Å²) in [5, 5.41) is 4.37. The van der Waals surface area contributed by atoms with E-state index < -0.39 is 0 Å². The molecule has 0 atom stereocenters. The molecule has 8 heteroatoms. The zero-order chi connectivity index (χ0) is 21.0. The van der Waals surface area contributed by atoms with Crippen LogP contribution in [0.5, 0.6) is 0 Å². The summed E-state index contributed by atoms with van der Waals surface area (Å²) in [4.78, 5) is 17.0. The molecule has 0 bridgehead atoms. The van der Waals surface area contributed by atoms with Crippen LogP contribution in [-0.2, 0) is 0 Å². The van der Waals surface area contributed by atoms with E-state index in [1.54, 1.807) is 25.1 Å². The maximum absolute atomic E-state index is 13.4. The highest BCUT2D eigenvalue weighted by atomic mass is 35.5. The maximum Gasteiger partial charge on any atom is 0.268 e. The average molecular weight is 453 g/mol. The molecule has 1 aromatic heterocycles. The lowest BCUT2D eigenvalue weighted by molar-refractivity contribution is 0.0998. The Kier molecular flexibility index (Phi) is 7.06. The molecule has 1 heterocycles. The molecule has 3 rings (SSSR count). The van der Waals surface area contributed by atoms with Gasteiger partial charge in [-0.15, -0.1) is 11.6 Å². The predicted molar refractivity (Wildman–Crippen MR) is 119 cm³/mol. The Balaban J connectivity index is 2.07. The summed E-state index contributed by atoms with van der Waals surface area (Å²) >= 11 is 18.5. The number of alkyl halides is 1. The Labute approximate surface area is 184 Å². The molecule has 0 fully saturated rings. The molecule has 0 aliphatic carbocycles. The van der Waals surface area contributed by atoms with E-state index in [4.69, 9.17) is 39.3 Å². The third kappa shape index (κ3) is 4.53. The molecule has 0 N–H and O–H groups in total. The molecule has 0 aliphatic rings. The molecule has 29 heavy (non-hydrogen) atoms. The van der Waals surface area contributed by atoms with Crippen LogP contribution in [0.15, 0.2) is 53.2 Å². The maximum atomic E-state index is 13.4. The van der Waals surface area contributed by atoms with Crippen LogP contribution in [0.1, 0.15) is 23.0 Å². The molecular formula is C21H20Cl3N3O2. The van der Waals surface area contributed by atoms with Crippen LogP contribution in [0, 0.1) is 6.92 Å². The monoisotopic (exact) mass is 451 g/mol. The number of nitrogens with zero attached hydrogens (tertiary/aromatic N) is 3. The third-order valence-electron chi connectivity index (χ3n) is 4.57. The molecule has 0 aliphatic heterocycles. The van der Waals surface area contributed by atoms with Crippen molar-refractivity contribution in [2.24, 2.45) is 0 Å². The number of benzene rings is 2. The molecule has 0 unspecified atom stereocenters. The summed E-state index contributed by atoms with van der Waals surface area (Å²) in [5.74, 6) is 0.647. The van der Waals surface area contributed by atoms with Gasteiger partial charge in [0, 0.05) is 30.3 Å². The van der Waals surface area contributed by atoms with Crippen LogP contribution in [0.4, 0.5) is 17.1 Å². The first kappa shape index (κ1) is 21.5. The fourth-order valence-electron chi connectivity index (χ4n) is 3.04. The third-order valence-corrected chi connectivity index (χ3v) is 5.54. The Bertz CT molecular complexity index is 989. The lowest BCUT2D eigenvalue weighted by Crippen LogP contribution is -2.27. The van der Waals surface area contributed by atoms with E-state index in [1.165, 1.54) is 11.1 Å². The summed E-state index contributed by atoms with van der Waals surface area (Å²) in [6.07, 6.45) is 1.40. The Hall–Kier alpha value is -2.21. The molecule has 3 aromatic rings. The van der Waals surface area contributed by atoms with E-state index in [0.717, 1.165) is 18.8 Å². The van der Waals surface area contributed by atoms with Gasteiger partial charge in [-0.05, 0) is 50.2 Å². The van der Waals surface area contributed by atoms with Crippen molar-refractivity contribution in [3.8, 4) is 0 Å². The number of hydrogen-bond donors (Lipinski definition) is 0. The number of halogens is 3. The predicted octanol–water partition coefficient (Wildman–Crippen LogP) is 6.33. The Morgan fingerprint density at radius 3 is 2.38 bits per heavy atom.